The van der Waals surface area contributed by atoms with Crippen molar-refractivity contribution in [2.75, 3.05) is 4.90 Å². The highest BCUT2D eigenvalue weighted by Gasteiger charge is 2.68. The van der Waals surface area contributed by atoms with Crippen molar-refractivity contribution in [2.45, 2.75) is 25.7 Å². The zero-order chi connectivity index (χ0) is 19.9. The Bertz CT molecular complexity index is 1170. The van der Waals surface area contributed by atoms with E-state index >= 15 is 0 Å². The van der Waals surface area contributed by atoms with Crippen molar-refractivity contribution in [2.24, 2.45) is 11.3 Å². The summed E-state index contributed by atoms with van der Waals surface area (Å²) in [5.41, 5.74) is 5.68. The molecule has 0 spiro atoms. The van der Waals surface area contributed by atoms with Crippen molar-refractivity contribution in [3.63, 3.8) is 0 Å². The number of imide groups is 1. The molecule has 1 aliphatic heterocycles. The highest BCUT2D eigenvalue weighted by Crippen LogP contribution is 2.67. The molecular weight excluding hydrogens is 358 g/mol. The largest absolute Gasteiger partial charge is 0.274 e. The summed E-state index contributed by atoms with van der Waals surface area (Å²) in [6, 6.07) is 24.4. The van der Waals surface area contributed by atoms with Crippen LogP contribution in [0.2, 0.25) is 0 Å². The van der Waals surface area contributed by atoms with Crippen LogP contribution in [0.3, 0.4) is 0 Å². The van der Waals surface area contributed by atoms with Gasteiger partial charge in [0.25, 0.3) is 0 Å². The summed E-state index contributed by atoms with van der Waals surface area (Å²) in [5.74, 6) is -0.686. The first-order chi connectivity index (χ1) is 14.0. The van der Waals surface area contributed by atoms with E-state index in [0.29, 0.717) is 5.69 Å². The average Bonchev–Trinajstić information content (AvgIpc) is 2.95. The molecule has 4 aliphatic rings. The number of carbonyl (C=O) groups is 2. The van der Waals surface area contributed by atoms with E-state index in [9.17, 15) is 9.59 Å². The number of anilines is 1. The number of aryl methyl sites for hydroxylation is 1. The van der Waals surface area contributed by atoms with Crippen LogP contribution in [0.1, 0.15) is 46.6 Å². The average molecular weight is 379 g/mol. The van der Waals surface area contributed by atoms with Crippen molar-refractivity contribution in [1.29, 1.82) is 0 Å². The Balaban J connectivity index is 1.64. The van der Waals surface area contributed by atoms with E-state index in [1.54, 1.807) is 0 Å². The van der Waals surface area contributed by atoms with Gasteiger partial charge in [-0.3, -0.25) is 9.59 Å². The molecule has 3 aromatic carbocycles. The third kappa shape index (κ3) is 1.84. The third-order valence-electron chi connectivity index (χ3n) is 7.37. The second kappa shape index (κ2) is 5.44. The van der Waals surface area contributed by atoms with Crippen LogP contribution in [0.5, 0.6) is 0 Å². The van der Waals surface area contributed by atoms with Gasteiger partial charge in [-0.05, 0) is 47.7 Å². The second-order valence-electron chi connectivity index (χ2n) is 8.69. The van der Waals surface area contributed by atoms with Gasteiger partial charge in [-0.25, -0.2) is 4.90 Å². The summed E-state index contributed by atoms with van der Waals surface area (Å²) in [7, 11) is 0. The first kappa shape index (κ1) is 16.7. The number of benzene rings is 3. The lowest BCUT2D eigenvalue weighted by Crippen LogP contribution is -2.49. The highest BCUT2D eigenvalue weighted by atomic mass is 16.2. The summed E-state index contributed by atoms with van der Waals surface area (Å²) < 4.78 is 0. The van der Waals surface area contributed by atoms with Gasteiger partial charge in [0.05, 0.1) is 17.0 Å². The molecule has 2 amide bonds. The summed E-state index contributed by atoms with van der Waals surface area (Å²) in [6.45, 7) is 3.97. The Hall–Kier alpha value is -3.20. The fraction of sp³-hybridized carbons (Fsp3) is 0.231. The number of hydrogen-bond acceptors (Lipinski definition) is 2. The Morgan fingerprint density at radius 2 is 1.28 bits per heavy atom. The molecule has 3 heteroatoms. The van der Waals surface area contributed by atoms with Gasteiger partial charge in [-0.2, -0.15) is 0 Å². The van der Waals surface area contributed by atoms with E-state index in [-0.39, 0.29) is 29.6 Å². The van der Waals surface area contributed by atoms with Gasteiger partial charge < -0.3 is 0 Å². The lowest BCUT2D eigenvalue weighted by molar-refractivity contribution is -0.128. The van der Waals surface area contributed by atoms with Gasteiger partial charge in [0.1, 0.15) is 0 Å². The molecule has 1 saturated heterocycles. The second-order valence-corrected chi connectivity index (χ2v) is 8.69. The van der Waals surface area contributed by atoms with E-state index in [4.69, 9.17) is 0 Å². The number of carbonyl (C=O) groups excluding carboxylic acids is 2. The maximum Gasteiger partial charge on any atom is 0.241 e. The van der Waals surface area contributed by atoms with Crippen molar-refractivity contribution in [1.82, 2.24) is 0 Å². The van der Waals surface area contributed by atoms with E-state index < -0.39 is 5.41 Å². The monoisotopic (exact) mass is 379 g/mol. The van der Waals surface area contributed by atoms with Crippen molar-refractivity contribution in [3.8, 4) is 0 Å². The van der Waals surface area contributed by atoms with Gasteiger partial charge in [-0.1, -0.05) is 66.7 Å². The maximum atomic E-state index is 13.9. The Morgan fingerprint density at radius 1 is 0.759 bits per heavy atom. The van der Waals surface area contributed by atoms with Crippen molar-refractivity contribution >= 4 is 17.5 Å². The Kier molecular flexibility index (Phi) is 3.14. The summed E-state index contributed by atoms with van der Waals surface area (Å²) in [5, 5.41) is 0. The molecule has 29 heavy (non-hydrogen) atoms. The molecule has 1 heterocycles. The smallest absolute Gasteiger partial charge is 0.241 e. The molecular formula is C26H21NO2. The zero-order valence-electron chi connectivity index (χ0n) is 16.4. The van der Waals surface area contributed by atoms with Crippen molar-refractivity contribution in [3.05, 3.63) is 101 Å². The third-order valence-corrected chi connectivity index (χ3v) is 7.37. The number of rotatable bonds is 1. The van der Waals surface area contributed by atoms with Crippen molar-refractivity contribution < 1.29 is 9.59 Å². The van der Waals surface area contributed by atoms with Crippen LogP contribution < -0.4 is 4.90 Å². The molecule has 0 unspecified atom stereocenters. The maximum absolute atomic E-state index is 13.9. The predicted molar refractivity (Wildman–Crippen MR) is 112 cm³/mol. The van der Waals surface area contributed by atoms with Gasteiger partial charge in [0, 0.05) is 11.8 Å². The molecule has 0 aromatic heterocycles. The molecule has 3 nitrogen and oxygen atoms in total. The molecule has 3 aliphatic carbocycles. The van der Waals surface area contributed by atoms with Gasteiger partial charge in [0.15, 0.2) is 0 Å². The SMILES string of the molecule is Cc1ccccc1N1C(=O)[C@H]2C3c4ccccc4C(c4ccccc43)[C@]2(C)C1=O. The van der Waals surface area contributed by atoms with Crippen LogP contribution in [-0.2, 0) is 9.59 Å². The summed E-state index contributed by atoms with van der Waals surface area (Å²) in [6.07, 6.45) is 0. The molecule has 142 valence electrons. The van der Waals surface area contributed by atoms with Gasteiger partial charge >= 0.3 is 0 Å². The Labute approximate surface area is 170 Å². The molecule has 0 saturated carbocycles. The lowest BCUT2D eigenvalue weighted by Gasteiger charge is -2.51. The van der Waals surface area contributed by atoms with E-state index in [1.165, 1.54) is 27.2 Å². The zero-order valence-corrected chi connectivity index (χ0v) is 16.4. The van der Waals surface area contributed by atoms with Crippen LogP contribution in [-0.4, -0.2) is 11.8 Å². The minimum absolute atomic E-state index is 0.0641. The number of nitrogens with zero attached hydrogens (tertiary/aromatic N) is 1. The minimum Gasteiger partial charge on any atom is -0.274 e. The fourth-order valence-corrected chi connectivity index (χ4v) is 6.16. The lowest BCUT2D eigenvalue weighted by atomic mass is 9.48. The molecule has 2 atom stereocenters. The van der Waals surface area contributed by atoms with Crippen LogP contribution in [0.4, 0.5) is 5.69 Å². The van der Waals surface area contributed by atoms with Crippen LogP contribution in [0.25, 0.3) is 0 Å². The molecule has 0 N–H and O–H groups in total. The quantitative estimate of drug-likeness (QED) is 0.571. The summed E-state index contributed by atoms with van der Waals surface area (Å²) in [4.78, 5) is 29.2. The van der Waals surface area contributed by atoms with Crippen LogP contribution in [0, 0.1) is 18.3 Å². The standard InChI is InChI=1S/C26H21NO2/c1-15-9-3-8-14-20(15)27-24(28)23-21-16-10-4-6-12-18(16)22(26(23,2)25(27)29)19-13-7-5-11-17(19)21/h3-14,21-23H,1-2H3/t21?,22?,23-,26+/m1/s1. The van der Waals surface area contributed by atoms with Crippen LogP contribution >= 0.6 is 0 Å². The first-order valence-electron chi connectivity index (χ1n) is 10.2. The van der Waals surface area contributed by atoms with E-state index in [1.807, 2.05) is 62.4 Å². The minimum atomic E-state index is -0.771. The fourth-order valence-electron chi connectivity index (χ4n) is 6.16. The molecule has 0 radical (unpaired) electrons. The topological polar surface area (TPSA) is 37.4 Å². The molecule has 3 aromatic rings. The summed E-state index contributed by atoms with van der Waals surface area (Å²) >= 11 is 0. The van der Waals surface area contributed by atoms with Gasteiger partial charge in [0.2, 0.25) is 11.8 Å². The number of para-hydroxylation sites is 1. The first-order valence-corrected chi connectivity index (χ1v) is 10.2. The number of amides is 2. The molecule has 1 fully saturated rings. The van der Waals surface area contributed by atoms with Crippen LogP contribution in [0.15, 0.2) is 72.8 Å². The predicted octanol–water partition coefficient (Wildman–Crippen LogP) is 4.78. The van der Waals surface area contributed by atoms with E-state index in [0.717, 1.165) is 5.56 Å². The normalized spacial score (nSPS) is 28.9. The van der Waals surface area contributed by atoms with Gasteiger partial charge in [-0.15, -0.1) is 0 Å². The highest BCUT2D eigenvalue weighted by molar-refractivity contribution is 6.25. The molecule has 2 bridgehead atoms. The number of hydrogen-bond donors (Lipinski definition) is 0. The molecule has 7 rings (SSSR count). The van der Waals surface area contributed by atoms with E-state index in [2.05, 4.69) is 24.3 Å². The Morgan fingerprint density at radius 3 is 1.86 bits per heavy atom.